The van der Waals surface area contributed by atoms with Crippen molar-refractivity contribution in [3.8, 4) is 0 Å². The van der Waals surface area contributed by atoms with Crippen LogP contribution in [-0.2, 0) is 9.53 Å². The second-order valence-electron chi connectivity index (χ2n) is 3.24. The first kappa shape index (κ1) is 7.60. The average molecular weight is 224 g/mol. The summed E-state index contributed by atoms with van der Waals surface area (Å²) in [6.45, 7) is 2.19. The molecule has 1 aromatic rings. The van der Waals surface area contributed by atoms with Gasteiger partial charge in [-0.15, -0.1) is 0 Å². The maximum Gasteiger partial charge on any atom is 0.338 e. The summed E-state index contributed by atoms with van der Waals surface area (Å²) in [5.74, 6) is -1.72. The number of ether oxygens (including phenoxy) is 1. The Morgan fingerprint density at radius 3 is 2.56 bits per heavy atom. The van der Waals surface area contributed by atoms with Crippen LogP contribution >= 0.6 is 0 Å². The highest BCUT2D eigenvalue weighted by Crippen LogP contribution is 2.07. The summed E-state index contributed by atoms with van der Waals surface area (Å²) in [4.78, 5) is 23.0. The van der Waals surface area contributed by atoms with Gasteiger partial charge in [0.2, 0.25) is 0 Å². The van der Waals surface area contributed by atoms with Crippen LogP contribution in [0.1, 0.15) is 42.4 Å². The summed E-state index contributed by atoms with van der Waals surface area (Å²) in [6.07, 6.45) is -6.76. The molecule has 0 aliphatic heterocycles. The van der Waals surface area contributed by atoms with Gasteiger partial charge >= 0.3 is 5.97 Å². The van der Waals surface area contributed by atoms with Crippen molar-refractivity contribution >= 4 is 11.8 Å². The number of ketones is 1. The summed E-state index contributed by atoms with van der Waals surface area (Å²) < 4.78 is 35.4. The SMILES string of the molecule is [2H]C([2H])(C(C)=O)C([2H])([2H])C(C)OC(=O)c1ccccc1. The van der Waals surface area contributed by atoms with E-state index >= 15 is 0 Å². The number of hydrogen-bond acceptors (Lipinski definition) is 3. The minimum absolute atomic E-state index is 0.235. The smallest absolute Gasteiger partial charge is 0.338 e. The predicted molar refractivity (Wildman–Crippen MR) is 61.2 cm³/mol. The summed E-state index contributed by atoms with van der Waals surface area (Å²) in [5, 5.41) is 0. The van der Waals surface area contributed by atoms with Crippen molar-refractivity contribution in [3.63, 3.8) is 0 Å². The molecule has 1 rings (SSSR count). The molecule has 0 aromatic heterocycles. The highest BCUT2D eigenvalue weighted by molar-refractivity contribution is 5.89. The fourth-order valence-corrected chi connectivity index (χ4v) is 1.04. The van der Waals surface area contributed by atoms with Crippen molar-refractivity contribution in [3.05, 3.63) is 35.9 Å². The Labute approximate surface area is 101 Å². The second kappa shape index (κ2) is 6.05. The molecule has 3 nitrogen and oxygen atoms in total. The van der Waals surface area contributed by atoms with Gasteiger partial charge in [0.25, 0.3) is 0 Å². The molecule has 3 heteroatoms. The van der Waals surface area contributed by atoms with Gasteiger partial charge in [-0.05, 0) is 32.4 Å². The van der Waals surface area contributed by atoms with Gasteiger partial charge in [0, 0.05) is 11.9 Å². The van der Waals surface area contributed by atoms with Crippen molar-refractivity contribution in [2.75, 3.05) is 0 Å². The van der Waals surface area contributed by atoms with E-state index in [1.165, 1.54) is 19.1 Å². The van der Waals surface area contributed by atoms with Gasteiger partial charge < -0.3 is 9.53 Å². The lowest BCUT2D eigenvalue weighted by atomic mass is 10.1. The van der Waals surface area contributed by atoms with Crippen LogP contribution in [0.2, 0.25) is 0 Å². The van der Waals surface area contributed by atoms with E-state index in [-0.39, 0.29) is 5.56 Å². The van der Waals surface area contributed by atoms with E-state index in [1.54, 1.807) is 18.2 Å². The molecule has 1 aromatic carbocycles. The average Bonchev–Trinajstić information content (AvgIpc) is 2.39. The molecule has 0 aliphatic rings. The maximum absolute atomic E-state index is 11.8. The predicted octanol–water partition coefficient (Wildman–Crippen LogP) is 2.60. The van der Waals surface area contributed by atoms with E-state index in [1.807, 2.05) is 0 Å². The fourth-order valence-electron chi connectivity index (χ4n) is 1.04. The molecule has 0 heterocycles. The molecule has 16 heavy (non-hydrogen) atoms. The van der Waals surface area contributed by atoms with Crippen molar-refractivity contribution in [1.82, 2.24) is 0 Å². The van der Waals surface area contributed by atoms with Crippen LogP contribution in [0.5, 0.6) is 0 Å². The Hall–Kier alpha value is -1.64. The maximum atomic E-state index is 11.8. The molecule has 0 saturated heterocycles. The number of carbonyl (C=O) groups is 2. The summed E-state index contributed by atoms with van der Waals surface area (Å²) in [7, 11) is 0. The normalized spacial score (nSPS) is 17.4. The van der Waals surface area contributed by atoms with Crippen LogP contribution in [0, 0.1) is 0 Å². The van der Waals surface area contributed by atoms with Gasteiger partial charge in [-0.3, -0.25) is 0 Å². The Kier molecular flexibility index (Phi) is 2.88. The molecular formula is C13H16O3. The van der Waals surface area contributed by atoms with Gasteiger partial charge in [-0.1, -0.05) is 18.2 Å². The highest BCUT2D eigenvalue weighted by Gasteiger charge is 2.11. The molecule has 0 saturated carbocycles. The van der Waals surface area contributed by atoms with E-state index < -0.39 is 30.6 Å². The molecule has 0 N–H and O–H groups in total. The first-order chi connectivity index (χ1) is 9.10. The number of hydrogen-bond donors (Lipinski definition) is 0. The van der Waals surface area contributed by atoms with Gasteiger partial charge in [-0.25, -0.2) is 4.79 Å². The summed E-state index contributed by atoms with van der Waals surface area (Å²) >= 11 is 0. The van der Waals surface area contributed by atoms with E-state index in [0.29, 0.717) is 0 Å². The Bertz CT molecular complexity index is 500. The summed E-state index contributed by atoms with van der Waals surface area (Å²) in [6, 6.07) is 7.98. The van der Waals surface area contributed by atoms with Crippen LogP contribution in [0.15, 0.2) is 30.3 Å². The Morgan fingerprint density at radius 1 is 1.38 bits per heavy atom. The first-order valence-electron chi connectivity index (χ1n) is 6.87. The van der Waals surface area contributed by atoms with Gasteiger partial charge in [-0.2, -0.15) is 0 Å². The van der Waals surface area contributed by atoms with Crippen molar-refractivity contribution < 1.29 is 19.8 Å². The van der Waals surface area contributed by atoms with Crippen molar-refractivity contribution in [2.24, 2.45) is 0 Å². The standard InChI is InChI=1S/C13H16O3/c1-10(14)8-9-11(2)16-13(15)12-6-4-3-5-7-12/h3-7,11H,8-9H2,1-2H3/i8D2,9D2. The van der Waals surface area contributed by atoms with E-state index in [2.05, 4.69) is 0 Å². The minimum Gasteiger partial charge on any atom is -0.459 e. The number of Topliss-reactive ketones (excluding diaryl/α,β-unsaturated/α-hetero) is 1. The zero-order valence-electron chi connectivity index (χ0n) is 13.2. The molecule has 1 atom stereocenters. The topological polar surface area (TPSA) is 43.4 Å². The zero-order valence-corrected chi connectivity index (χ0v) is 9.19. The third-order valence-electron chi connectivity index (χ3n) is 1.74. The molecule has 86 valence electrons. The monoisotopic (exact) mass is 224 g/mol. The largest absolute Gasteiger partial charge is 0.459 e. The van der Waals surface area contributed by atoms with E-state index in [0.717, 1.165) is 6.92 Å². The second-order valence-corrected chi connectivity index (χ2v) is 3.24. The van der Waals surface area contributed by atoms with Crippen LogP contribution in [0.25, 0.3) is 0 Å². The van der Waals surface area contributed by atoms with E-state index in [4.69, 9.17) is 10.2 Å². The Morgan fingerprint density at radius 2 is 2.00 bits per heavy atom. The molecule has 0 bridgehead atoms. The molecule has 0 spiro atoms. The molecule has 0 fully saturated rings. The lowest BCUT2D eigenvalue weighted by molar-refractivity contribution is -0.117. The first-order valence-corrected chi connectivity index (χ1v) is 4.87. The van der Waals surface area contributed by atoms with Gasteiger partial charge in [0.15, 0.2) is 0 Å². The van der Waals surface area contributed by atoms with E-state index in [9.17, 15) is 9.59 Å². The highest BCUT2D eigenvalue weighted by atomic mass is 16.5. The Balaban J connectivity index is 2.88. The minimum atomic E-state index is -2.73. The van der Waals surface area contributed by atoms with Crippen molar-refractivity contribution in [1.29, 1.82) is 0 Å². The number of carbonyl (C=O) groups excluding carboxylic acids is 2. The van der Waals surface area contributed by atoms with Gasteiger partial charge in [0.1, 0.15) is 5.78 Å². The van der Waals surface area contributed by atoms with Gasteiger partial charge in [0.05, 0.1) is 11.7 Å². The number of esters is 1. The molecule has 1 unspecified atom stereocenters. The van der Waals surface area contributed by atoms with Crippen LogP contribution in [-0.4, -0.2) is 17.9 Å². The fraction of sp³-hybridized carbons (Fsp3) is 0.385. The molecule has 0 aliphatic carbocycles. The zero-order chi connectivity index (χ0) is 15.6. The quantitative estimate of drug-likeness (QED) is 0.722. The van der Waals surface area contributed by atoms with Crippen LogP contribution in [0.3, 0.4) is 0 Å². The third kappa shape index (κ3) is 4.26. The van der Waals surface area contributed by atoms with Crippen LogP contribution < -0.4 is 0 Å². The molecule has 0 radical (unpaired) electrons. The lowest BCUT2D eigenvalue weighted by Gasteiger charge is -2.12. The number of benzene rings is 1. The molecule has 0 amide bonds. The van der Waals surface area contributed by atoms with Crippen molar-refractivity contribution in [2.45, 2.75) is 32.7 Å². The third-order valence-corrected chi connectivity index (χ3v) is 1.74. The van der Waals surface area contributed by atoms with Crippen LogP contribution in [0.4, 0.5) is 0 Å². The lowest BCUT2D eigenvalue weighted by Crippen LogP contribution is -2.15. The number of rotatable bonds is 5. The molecular weight excluding hydrogens is 204 g/mol. The summed E-state index contributed by atoms with van der Waals surface area (Å²) in [5.41, 5.74) is 0.235.